The molecule has 1 rings (SSSR count). The van der Waals surface area contributed by atoms with Crippen LogP contribution in [-0.4, -0.2) is 17.7 Å². The number of hydrogen-bond acceptors (Lipinski definition) is 4. The average Bonchev–Trinajstić information content (AvgIpc) is 2.25. The van der Waals surface area contributed by atoms with Crippen molar-refractivity contribution in [2.75, 3.05) is 6.61 Å². The predicted molar refractivity (Wildman–Crippen MR) is 52.2 cm³/mol. The van der Waals surface area contributed by atoms with Crippen molar-refractivity contribution in [3.05, 3.63) is 29.3 Å². The number of ether oxygens (including phenoxy) is 1. The van der Waals surface area contributed by atoms with Crippen LogP contribution in [0.15, 0.2) is 18.2 Å². The Kier molecular flexibility index (Phi) is 4.12. The van der Waals surface area contributed by atoms with E-state index >= 15 is 0 Å². The largest absolute Gasteiger partial charge is 0.546 e. The van der Waals surface area contributed by atoms with Gasteiger partial charge in [0.2, 0.25) is 0 Å². The minimum Gasteiger partial charge on any atom is -0.546 e. The van der Waals surface area contributed by atoms with Gasteiger partial charge in [-0.25, -0.2) is 0 Å². The van der Waals surface area contributed by atoms with Gasteiger partial charge in [0.15, 0.2) is 0 Å². The number of benzene rings is 1. The fourth-order valence-corrected chi connectivity index (χ4v) is 1.28. The van der Waals surface area contributed by atoms with E-state index in [0.717, 1.165) is 17.5 Å². The molecule has 0 amide bonds. The number of carbonyl (C=O) groups excluding carboxylic acids is 1. The first-order valence-corrected chi connectivity index (χ1v) is 4.72. The zero-order chi connectivity index (χ0) is 11.3. The van der Waals surface area contributed by atoms with Gasteiger partial charge in [-0.2, -0.15) is 0 Å². The molecule has 0 bridgehead atoms. The lowest BCUT2D eigenvalue weighted by atomic mass is 10.1. The van der Waals surface area contributed by atoms with Crippen molar-refractivity contribution in [1.82, 2.24) is 0 Å². The second-order valence-electron chi connectivity index (χ2n) is 3.11. The predicted octanol–water partition coefficient (Wildman–Crippen LogP) is -0.130. The number of carboxylic acid groups (broad SMARTS) is 1. The molecule has 1 N–H and O–H groups in total. The highest BCUT2D eigenvalue weighted by molar-refractivity contribution is 5.66. The van der Waals surface area contributed by atoms with Gasteiger partial charge in [0.1, 0.15) is 12.4 Å². The van der Waals surface area contributed by atoms with Crippen LogP contribution in [0.4, 0.5) is 0 Å². The Morgan fingerprint density at radius 3 is 2.80 bits per heavy atom. The van der Waals surface area contributed by atoms with Crippen LogP contribution in [0.25, 0.3) is 0 Å². The minimum atomic E-state index is -1.25. The van der Waals surface area contributed by atoms with Crippen molar-refractivity contribution in [2.24, 2.45) is 0 Å². The van der Waals surface area contributed by atoms with Gasteiger partial charge in [-0.3, -0.25) is 0 Å². The summed E-state index contributed by atoms with van der Waals surface area (Å²) in [6.45, 7) is 1.45. The average molecular weight is 209 g/mol. The normalized spacial score (nSPS) is 10.0. The van der Waals surface area contributed by atoms with Gasteiger partial charge >= 0.3 is 0 Å². The van der Waals surface area contributed by atoms with E-state index in [9.17, 15) is 9.90 Å². The molecule has 0 fully saturated rings. The molecular weight excluding hydrogens is 196 g/mol. The van der Waals surface area contributed by atoms with E-state index in [0.29, 0.717) is 5.75 Å². The van der Waals surface area contributed by atoms with Gasteiger partial charge in [-0.15, -0.1) is 0 Å². The van der Waals surface area contributed by atoms with Gasteiger partial charge in [-0.05, 0) is 29.7 Å². The summed E-state index contributed by atoms with van der Waals surface area (Å²) in [6.07, 6.45) is 0.718. The fourth-order valence-electron chi connectivity index (χ4n) is 1.28. The van der Waals surface area contributed by atoms with Gasteiger partial charge in [0, 0.05) is 0 Å². The molecule has 1 aromatic carbocycles. The van der Waals surface area contributed by atoms with Gasteiger partial charge in [0.25, 0.3) is 0 Å². The van der Waals surface area contributed by atoms with Crippen molar-refractivity contribution in [3.8, 4) is 5.75 Å². The Morgan fingerprint density at radius 1 is 1.53 bits per heavy atom. The van der Waals surface area contributed by atoms with Gasteiger partial charge in [0.05, 0.1) is 12.6 Å². The molecule has 4 nitrogen and oxygen atoms in total. The van der Waals surface area contributed by atoms with Crippen LogP contribution in [0.3, 0.4) is 0 Å². The summed E-state index contributed by atoms with van der Waals surface area (Å²) in [5, 5.41) is 19.1. The lowest BCUT2D eigenvalue weighted by Gasteiger charge is -2.11. The zero-order valence-corrected chi connectivity index (χ0v) is 8.53. The second kappa shape index (κ2) is 5.36. The van der Waals surface area contributed by atoms with Crippen LogP contribution in [0.5, 0.6) is 5.75 Å². The SMILES string of the molecule is CCc1cc(CO)ccc1OCC(=O)[O-]. The molecule has 0 saturated carbocycles. The molecular formula is C11H13O4-. The lowest BCUT2D eigenvalue weighted by Crippen LogP contribution is -2.29. The van der Waals surface area contributed by atoms with Crippen molar-refractivity contribution < 1.29 is 19.7 Å². The Balaban J connectivity index is 2.82. The lowest BCUT2D eigenvalue weighted by molar-refractivity contribution is -0.307. The number of aliphatic hydroxyl groups excluding tert-OH is 1. The smallest absolute Gasteiger partial charge is 0.128 e. The van der Waals surface area contributed by atoms with Crippen molar-refractivity contribution in [2.45, 2.75) is 20.0 Å². The fraction of sp³-hybridized carbons (Fsp3) is 0.364. The van der Waals surface area contributed by atoms with Crippen molar-refractivity contribution >= 4 is 5.97 Å². The zero-order valence-electron chi connectivity index (χ0n) is 8.53. The summed E-state index contributed by atoms with van der Waals surface area (Å²) < 4.78 is 5.05. The molecule has 0 aliphatic carbocycles. The van der Waals surface area contributed by atoms with Crippen LogP contribution in [0.2, 0.25) is 0 Å². The van der Waals surface area contributed by atoms with Gasteiger partial charge < -0.3 is 19.7 Å². The second-order valence-corrected chi connectivity index (χ2v) is 3.11. The maximum absolute atomic E-state index is 10.2. The molecule has 1 aromatic rings. The third-order valence-corrected chi connectivity index (χ3v) is 2.03. The molecule has 0 aliphatic heterocycles. The van der Waals surface area contributed by atoms with E-state index < -0.39 is 12.6 Å². The standard InChI is InChI=1S/C11H14O4/c1-2-9-5-8(6-12)3-4-10(9)15-7-11(13)14/h3-5,12H,2,6-7H2,1H3,(H,13,14)/p-1. The van der Waals surface area contributed by atoms with E-state index in [-0.39, 0.29) is 6.61 Å². The van der Waals surface area contributed by atoms with Crippen molar-refractivity contribution in [1.29, 1.82) is 0 Å². The van der Waals surface area contributed by atoms with Crippen LogP contribution >= 0.6 is 0 Å². The first kappa shape index (κ1) is 11.5. The molecule has 0 aliphatic rings. The Morgan fingerprint density at radius 2 is 2.27 bits per heavy atom. The highest BCUT2D eigenvalue weighted by Crippen LogP contribution is 2.20. The maximum Gasteiger partial charge on any atom is 0.128 e. The monoisotopic (exact) mass is 209 g/mol. The first-order chi connectivity index (χ1) is 7.17. The number of rotatable bonds is 5. The molecule has 0 aromatic heterocycles. The van der Waals surface area contributed by atoms with E-state index in [1.54, 1.807) is 18.2 Å². The summed E-state index contributed by atoms with van der Waals surface area (Å²) in [6, 6.07) is 5.15. The third-order valence-electron chi connectivity index (χ3n) is 2.03. The summed E-state index contributed by atoms with van der Waals surface area (Å²) in [4.78, 5) is 10.2. The quantitative estimate of drug-likeness (QED) is 0.733. The minimum absolute atomic E-state index is 0.0340. The molecule has 0 atom stereocenters. The molecule has 0 saturated heterocycles. The van der Waals surface area contributed by atoms with Crippen LogP contribution in [-0.2, 0) is 17.8 Å². The summed E-state index contributed by atoms with van der Waals surface area (Å²) in [7, 11) is 0. The summed E-state index contributed by atoms with van der Waals surface area (Å²) in [5.74, 6) is -0.720. The van der Waals surface area contributed by atoms with E-state index in [4.69, 9.17) is 9.84 Å². The number of carbonyl (C=O) groups is 1. The molecule has 0 unspecified atom stereocenters. The summed E-state index contributed by atoms with van der Waals surface area (Å²) in [5.41, 5.74) is 1.66. The number of aliphatic hydroxyl groups is 1. The molecule has 82 valence electrons. The van der Waals surface area contributed by atoms with Crippen LogP contribution < -0.4 is 9.84 Å². The number of aliphatic carboxylic acids is 1. The van der Waals surface area contributed by atoms with Gasteiger partial charge in [-0.1, -0.05) is 13.0 Å². The van der Waals surface area contributed by atoms with Crippen LogP contribution in [0.1, 0.15) is 18.1 Å². The molecule has 15 heavy (non-hydrogen) atoms. The third kappa shape index (κ3) is 3.25. The highest BCUT2D eigenvalue weighted by atomic mass is 16.5. The van der Waals surface area contributed by atoms with Crippen LogP contribution in [0, 0.1) is 0 Å². The highest BCUT2D eigenvalue weighted by Gasteiger charge is 2.03. The maximum atomic E-state index is 10.2. The number of carboxylic acids is 1. The summed E-state index contributed by atoms with van der Waals surface area (Å²) >= 11 is 0. The molecule has 4 heteroatoms. The van der Waals surface area contributed by atoms with Crippen molar-refractivity contribution in [3.63, 3.8) is 0 Å². The number of aryl methyl sites for hydroxylation is 1. The van der Waals surface area contributed by atoms with E-state index in [1.807, 2.05) is 6.92 Å². The Bertz CT molecular complexity index is 346. The molecule has 0 radical (unpaired) electrons. The molecule has 0 heterocycles. The first-order valence-electron chi connectivity index (χ1n) is 4.72. The number of hydrogen-bond donors (Lipinski definition) is 1. The van der Waals surface area contributed by atoms with E-state index in [1.165, 1.54) is 0 Å². The Labute approximate surface area is 88.1 Å². The molecule has 0 spiro atoms. The topological polar surface area (TPSA) is 69.6 Å². The Hall–Kier alpha value is -1.55. The van der Waals surface area contributed by atoms with E-state index in [2.05, 4.69) is 0 Å².